The zero-order valence-corrected chi connectivity index (χ0v) is 12.4. The number of ether oxygens (including phenoxy) is 2. The third-order valence-corrected chi connectivity index (χ3v) is 5.24. The Hall–Kier alpha value is -1.85. The van der Waals surface area contributed by atoms with E-state index in [1.54, 1.807) is 22.7 Å². The topological polar surface area (TPSA) is 31.4 Å². The van der Waals surface area contributed by atoms with Crippen molar-refractivity contribution in [1.29, 1.82) is 0 Å². The first-order chi connectivity index (χ1) is 9.81. The second kappa shape index (κ2) is 4.61. The van der Waals surface area contributed by atoms with Gasteiger partial charge in [-0.3, -0.25) is 0 Å². The quantitative estimate of drug-likeness (QED) is 0.694. The highest BCUT2D eigenvalue weighted by Crippen LogP contribution is 2.38. The van der Waals surface area contributed by atoms with E-state index in [0.717, 1.165) is 27.8 Å². The number of thiazole rings is 1. The molecule has 2 aromatic heterocycles. The molecule has 100 valence electrons. The smallest absolute Gasteiger partial charge is 0.231 e. The molecule has 0 atom stereocenters. The molecule has 0 fully saturated rings. The summed E-state index contributed by atoms with van der Waals surface area (Å²) in [5.74, 6) is 1.60. The van der Waals surface area contributed by atoms with Crippen molar-refractivity contribution in [2.24, 2.45) is 0 Å². The van der Waals surface area contributed by atoms with Gasteiger partial charge in [-0.1, -0.05) is 0 Å². The first-order valence-corrected chi connectivity index (χ1v) is 7.97. The maximum absolute atomic E-state index is 5.41. The summed E-state index contributed by atoms with van der Waals surface area (Å²) in [6.45, 7) is 2.42. The summed E-state index contributed by atoms with van der Waals surface area (Å²) in [5, 5.41) is 5.27. The van der Waals surface area contributed by atoms with Crippen molar-refractivity contribution in [2.75, 3.05) is 6.79 Å². The summed E-state index contributed by atoms with van der Waals surface area (Å²) in [4.78, 5) is 5.99. The van der Waals surface area contributed by atoms with Crippen molar-refractivity contribution in [3.8, 4) is 32.6 Å². The minimum Gasteiger partial charge on any atom is -0.454 e. The van der Waals surface area contributed by atoms with E-state index in [1.165, 1.54) is 10.4 Å². The standard InChI is InChI=1S/C15H11NO2S2/c1-9-4-5-19-14(9)15-16-11(7-20-15)10-2-3-12-13(6-10)18-8-17-12/h2-7H,8H2,1H3. The zero-order chi connectivity index (χ0) is 13.5. The largest absolute Gasteiger partial charge is 0.454 e. The molecule has 1 aromatic carbocycles. The van der Waals surface area contributed by atoms with Crippen LogP contribution < -0.4 is 9.47 Å². The molecule has 0 spiro atoms. The summed E-state index contributed by atoms with van der Waals surface area (Å²) in [7, 11) is 0. The summed E-state index contributed by atoms with van der Waals surface area (Å²) in [6, 6.07) is 8.07. The number of nitrogens with zero attached hydrogens (tertiary/aromatic N) is 1. The monoisotopic (exact) mass is 301 g/mol. The average Bonchev–Trinajstić information content (AvgIpc) is 3.17. The van der Waals surface area contributed by atoms with E-state index in [1.807, 2.05) is 18.2 Å². The molecular formula is C15H11NO2S2. The Morgan fingerprint density at radius 2 is 2.00 bits per heavy atom. The van der Waals surface area contributed by atoms with Gasteiger partial charge in [-0.25, -0.2) is 4.98 Å². The summed E-state index contributed by atoms with van der Waals surface area (Å²) in [6.07, 6.45) is 0. The fourth-order valence-electron chi connectivity index (χ4n) is 2.16. The van der Waals surface area contributed by atoms with E-state index in [9.17, 15) is 0 Å². The van der Waals surface area contributed by atoms with Gasteiger partial charge in [0, 0.05) is 10.9 Å². The number of rotatable bonds is 2. The fraction of sp³-hybridized carbons (Fsp3) is 0.133. The van der Waals surface area contributed by atoms with Gasteiger partial charge in [0.25, 0.3) is 0 Å². The van der Waals surface area contributed by atoms with Crippen molar-refractivity contribution < 1.29 is 9.47 Å². The average molecular weight is 301 g/mol. The number of hydrogen-bond donors (Lipinski definition) is 0. The zero-order valence-electron chi connectivity index (χ0n) is 10.8. The molecule has 5 heteroatoms. The van der Waals surface area contributed by atoms with Crippen molar-refractivity contribution in [2.45, 2.75) is 6.92 Å². The van der Waals surface area contributed by atoms with Gasteiger partial charge in [-0.15, -0.1) is 22.7 Å². The lowest BCUT2D eigenvalue weighted by Crippen LogP contribution is -1.92. The van der Waals surface area contributed by atoms with E-state index in [4.69, 9.17) is 14.5 Å². The summed E-state index contributed by atoms with van der Waals surface area (Å²) < 4.78 is 10.7. The minimum atomic E-state index is 0.301. The fourth-order valence-corrected chi connectivity index (χ4v) is 4.09. The number of aryl methyl sites for hydroxylation is 1. The van der Waals surface area contributed by atoms with Gasteiger partial charge in [0.05, 0.1) is 10.6 Å². The van der Waals surface area contributed by atoms with Gasteiger partial charge < -0.3 is 9.47 Å². The molecule has 0 saturated heterocycles. The molecule has 1 aliphatic rings. The van der Waals surface area contributed by atoms with Gasteiger partial charge in [0.2, 0.25) is 6.79 Å². The number of benzene rings is 1. The normalized spacial score (nSPS) is 12.8. The molecule has 0 radical (unpaired) electrons. The Labute approximate surface area is 124 Å². The molecule has 0 saturated carbocycles. The number of thiophene rings is 1. The first-order valence-electron chi connectivity index (χ1n) is 6.21. The molecular weight excluding hydrogens is 290 g/mol. The molecule has 0 aliphatic carbocycles. The molecule has 0 bridgehead atoms. The lowest BCUT2D eigenvalue weighted by Gasteiger charge is -1.99. The van der Waals surface area contributed by atoms with Crippen molar-refractivity contribution in [3.63, 3.8) is 0 Å². The lowest BCUT2D eigenvalue weighted by atomic mass is 10.1. The first kappa shape index (κ1) is 11.9. The van der Waals surface area contributed by atoms with Crippen LogP contribution in [0, 0.1) is 6.92 Å². The van der Waals surface area contributed by atoms with Crippen LogP contribution in [0.5, 0.6) is 11.5 Å². The third kappa shape index (κ3) is 1.90. The van der Waals surface area contributed by atoms with Crippen LogP contribution in [-0.4, -0.2) is 11.8 Å². The predicted octanol–water partition coefficient (Wildman–Crippen LogP) is 4.58. The van der Waals surface area contributed by atoms with E-state index >= 15 is 0 Å². The molecule has 3 aromatic rings. The van der Waals surface area contributed by atoms with E-state index in [2.05, 4.69) is 23.8 Å². The Balaban J connectivity index is 1.73. The summed E-state index contributed by atoms with van der Waals surface area (Å²) in [5.41, 5.74) is 3.32. The number of aromatic nitrogens is 1. The van der Waals surface area contributed by atoms with Crippen LogP contribution in [0.4, 0.5) is 0 Å². The highest BCUT2D eigenvalue weighted by Gasteiger charge is 2.16. The molecule has 0 unspecified atom stereocenters. The van der Waals surface area contributed by atoms with Crippen molar-refractivity contribution in [3.05, 3.63) is 40.6 Å². The van der Waals surface area contributed by atoms with Crippen LogP contribution in [0.1, 0.15) is 5.56 Å². The Bertz CT molecular complexity index is 776. The maximum atomic E-state index is 5.41. The number of fused-ring (bicyclic) bond motifs is 1. The Morgan fingerprint density at radius 3 is 2.85 bits per heavy atom. The van der Waals surface area contributed by atoms with Gasteiger partial charge >= 0.3 is 0 Å². The number of hydrogen-bond acceptors (Lipinski definition) is 5. The van der Waals surface area contributed by atoms with Crippen LogP contribution in [0.2, 0.25) is 0 Å². The molecule has 20 heavy (non-hydrogen) atoms. The van der Waals surface area contributed by atoms with Gasteiger partial charge in [0.1, 0.15) is 5.01 Å². The lowest BCUT2D eigenvalue weighted by molar-refractivity contribution is 0.174. The molecule has 0 N–H and O–H groups in total. The van der Waals surface area contributed by atoms with Crippen molar-refractivity contribution in [1.82, 2.24) is 4.98 Å². The molecule has 3 heterocycles. The second-order valence-electron chi connectivity index (χ2n) is 4.54. The maximum Gasteiger partial charge on any atom is 0.231 e. The van der Waals surface area contributed by atoms with Crippen LogP contribution in [0.25, 0.3) is 21.1 Å². The molecule has 3 nitrogen and oxygen atoms in total. The predicted molar refractivity (Wildman–Crippen MR) is 81.7 cm³/mol. The Morgan fingerprint density at radius 1 is 1.10 bits per heavy atom. The van der Waals surface area contributed by atoms with Crippen LogP contribution in [-0.2, 0) is 0 Å². The highest BCUT2D eigenvalue weighted by atomic mass is 32.1. The summed E-state index contributed by atoms with van der Waals surface area (Å²) >= 11 is 3.41. The molecule has 0 amide bonds. The third-order valence-electron chi connectivity index (χ3n) is 3.23. The SMILES string of the molecule is Cc1ccsc1-c1nc(-c2ccc3c(c2)OCO3)cs1. The van der Waals surface area contributed by atoms with Crippen LogP contribution in [0.15, 0.2) is 35.0 Å². The second-order valence-corrected chi connectivity index (χ2v) is 6.31. The van der Waals surface area contributed by atoms with Gasteiger partial charge in [-0.2, -0.15) is 0 Å². The molecule has 1 aliphatic heterocycles. The minimum absolute atomic E-state index is 0.301. The van der Waals surface area contributed by atoms with Crippen LogP contribution >= 0.6 is 22.7 Å². The van der Waals surface area contributed by atoms with E-state index < -0.39 is 0 Å². The Kier molecular flexibility index (Phi) is 2.75. The van der Waals surface area contributed by atoms with Gasteiger partial charge in [0.15, 0.2) is 11.5 Å². The van der Waals surface area contributed by atoms with Gasteiger partial charge in [-0.05, 0) is 42.1 Å². The van der Waals surface area contributed by atoms with E-state index in [0.29, 0.717) is 6.79 Å². The van der Waals surface area contributed by atoms with E-state index in [-0.39, 0.29) is 0 Å². The molecule has 4 rings (SSSR count). The van der Waals surface area contributed by atoms with Crippen LogP contribution in [0.3, 0.4) is 0 Å². The highest BCUT2D eigenvalue weighted by molar-refractivity contribution is 7.20. The van der Waals surface area contributed by atoms with Crippen molar-refractivity contribution >= 4 is 22.7 Å².